The zero-order valence-electron chi connectivity index (χ0n) is 21.5. The van der Waals surface area contributed by atoms with Crippen molar-refractivity contribution in [3.05, 3.63) is 93.4 Å². The summed E-state index contributed by atoms with van der Waals surface area (Å²) in [5.41, 5.74) is 9.48. The second-order valence-electron chi connectivity index (χ2n) is 9.57. The maximum atomic E-state index is 13.5. The van der Waals surface area contributed by atoms with Crippen LogP contribution in [-0.2, 0) is 16.1 Å². The molecule has 4 aromatic rings. The second kappa shape index (κ2) is 11.4. The highest BCUT2D eigenvalue weighted by atomic mass is 35.5. The molecule has 1 atom stereocenters. The number of hydrogen-bond acceptors (Lipinski definition) is 6. The SMILES string of the molecule is CN(C(=O)Cn1c(=O)oc2ccc(Cl)cc21)C(CN1CCOCC1)c1ccc(-c2cccc(C(N)=O)c2)cc1. The van der Waals surface area contributed by atoms with Gasteiger partial charge in [-0.3, -0.25) is 19.1 Å². The smallest absolute Gasteiger partial charge is 0.408 e. The third-order valence-corrected chi connectivity index (χ3v) is 7.33. The Labute approximate surface area is 230 Å². The van der Waals surface area contributed by atoms with Crippen molar-refractivity contribution < 1.29 is 18.7 Å². The molecule has 3 aromatic carbocycles. The third-order valence-electron chi connectivity index (χ3n) is 7.09. The predicted molar refractivity (Wildman–Crippen MR) is 149 cm³/mol. The highest BCUT2D eigenvalue weighted by Crippen LogP contribution is 2.27. The van der Waals surface area contributed by atoms with Gasteiger partial charge < -0.3 is 19.8 Å². The van der Waals surface area contributed by atoms with E-state index in [1.54, 1.807) is 48.3 Å². The van der Waals surface area contributed by atoms with Gasteiger partial charge >= 0.3 is 5.76 Å². The molecule has 1 fully saturated rings. The molecule has 2 heterocycles. The van der Waals surface area contributed by atoms with Crippen LogP contribution >= 0.6 is 11.6 Å². The zero-order chi connectivity index (χ0) is 27.5. The number of carbonyl (C=O) groups excluding carboxylic acids is 2. The molecule has 202 valence electrons. The molecule has 1 unspecified atom stereocenters. The lowest BCUT2D eigenvalue weighted by Gasteiger charge is -2.35. The number of ether oxygens (including phenoxy) is 1. The van der Waals surface area contributed by atoms with E-state index in [2.05, 4.69) is 4.90 Å². The van der Waals surface area contributed by atoms with Crippen LogP contribution in [-0.4, -0.2) is 66.1 Å². The van der Waals surface area contributed by atoms with Crippen LogP contribution in [0.25, 0.3) is 22.2 Å². The van der Waals surface area contributed by atoms with Crippen LogP contribution in [0.15, 0.2) is 75.9 Å². The molecule has 1 aromatic heterocycles. The van der Waals surface area contributed by atoms with Crippen molar-refractivity contribution in [2.24, 2.45) is 5.73 Å². The quantitative estimate of drug-likeness (QED) is 0.360. The Morgan fingerprint density at radius 2 is 1.77 bits per heavy atom. The van der Waals surface area contributed by atoms with Crippen molar-refractivity contribution in [2.75, 3.05) is 39.9 Å². The standard InChI is InChI=1S/C29H29ClN4O5/c1-32(27(35)18-34-24-16-23(30)9-10-26(24)39-29(34)37)25(17-33-11-13-38-14-12-33)20-7-5-19(6-8-20)21-3-2-4-22(15-21)28(31)36/h2-10,15-16,25H,11-14,17-18H2,1H3,(H2,31,36). The Balaban J connectivity index is 1.42. The number of hydrogen-bond donors (Lipinski definition) is 1. The lowest BCUT2D eigenvalue weighted by molar-refractivity contribution is -0.133. The predicted octanol–water partition coefficient (Wildman–Crippen LogP) is 3.55. The number of morpholine rings is 1. The highest BCUT2D eigenvalue weighted by molar-refractivity contribution is 6.31. The molecule has 0 bridgehead atoms. The minimum absolute atomic E-state index is 0.180. The third kappa shape index (κ3) is 5.90. The molecule has 1 saturated heterocycles. The first-order chi connectivity index (χ1) is 18.8. The summed E-state index contributed by atoms with van der Waals surface area (Å²) in [5, 5.41) is 0.449. The first kappa shape index (κ1) is 26.7. The van der Waals surface area contributed by atoms with E-state index >= 15 is 0 Å². The van der Waals surface area contributed by atoms with Crippen molar-refractivity contribution in [3.63, 3.8) is 0 Å². The van der Waals surface area contributed by atoms with E-state index in [1.165, 1.54) is 4.57 Å². The van der Waals surface area contributed by atoms with Gasteiger partial charge in [0.25, 0.3) is 0 Å². The van der Waals surface area contributed by atoms with E-state index < -0.39 is 11.7 Å². The molecule has 0 aliphatic carbocycles. The van der Waals surface area contributed by atoms with Crippen LogP contribution in [0.1, 0.15) is 22.0 Å². The van der Waals surface area contributed by atoms with Crippen molar-refractivity contribution in [2.45, 2.75) is 12.6 Å². The summed E-state index contributed by atoms with van der Waals surface area (Å²) in [4.78, 5) is 41.6. The highest BCUT2D eigenvalue weighted by Gasteiger charge is 2.26. The number of nitrogens with zero attached hydrogens (tertiary/aromatic N) is 3. The summed E-state index contributed by atoms with van der Waals surface area (Å²) in [6, 6.07) is 19.7. The number of fused-ring (bicyclic) bond motifs is 1. The second-order valence-corrected chi connectivity index (χ2v) is 10.0. The van der Waals surface area contributed by atoms with E-state index in [0.717, 1.165) is 29.8 Å². The number of nitrogens with two attached hydrogens (primary N) is 1. The van der Waals surface area contributed by atoms with Crippen LogP contribution in [0.2, 0.25) is 5.02 Å². The number of likely N-dealkylation sites (N-methyl/N-ethyl adjacent to an activating group) is 1. The fraction of sp³-hybridized carbons (Fsp3) is 0.276. The number of oxazole rings is 1. The fourth-order valence-corrected chi connectivity index (χ4v) is 5.00. The van der Waals surface area contributed by atoms with E-state index in [4.69, 9.17) is 26.5 Å². The van der Waals surface area contributed by atoms with Gasteiger partial charge in [0, 0.05) is 37.3 Å². The topological polar surface area (TPSA) is 111 Å². The lowest BCUT2D eigenvalue weighted by Crippen LogP contribution is -2.44. The first-order valence-electron chi connectivity index (χ1n) is 12.6. The molecule has 1 aliphatic rings. The van der Waals surface area contributed by atoms with Gasteiger partial charge in [0.15, 0.2) is 5.58 Å². The van der Waals surface area contributed by atoms with Gasteiger partial charge in [0.1, 0.15) is 6.54 Å². The molecule has 9 nitrogen and oxygen atoms in total. The number of halogens is 1. The largest absolute Gasteiger partial charge is 0.420 e. The number of carbonyl (C=O) groups is 2. The maximum absolute atomic E-state index is 13.5. The van der Waals surface area contributed by atoms with Gasteiger partial charge in [-0.2, -0.15) is 0 Å². The number of benzene rings is 3. The van der Waals surface area contributed by atoms with E-state index in [0.29, 0.717) is 41.4 Å². The Morgan fingerprint density at radius 3 is 2.49 bits per heavy atom. The van der Waals surface area contributed by atoms with Crippen LogP contribution in [0, 0.1) is 0 Å². The number of aromatic nitrogens is 1. The van der Waals surface area contributed by atoms with Crippen LogP contribution in [0.5, 0.6) is 0 Å². The van der Waals surface area contributed by atoms with Crippen LogP contribution in [0.4, 0.5) is 0 Å². The summed E-state index contributed by atoms with van der Waals surface area (Å²) in [7, 11) is 1.75. The molecule has 39 heavy (non-hydrogen) atoms. The Morgan fingerprint density at radius 1 is 1.03 bits per heavy atom. The van der Waals surface area contributed by atoms with Crippen LogP contribution < -0.4 is 11.5 Å². The summed E-state index contributed by atoms with van der Waals surface area (Å²) in [5.74, 6) is -1.33. The van der Waals surface area contributed by atoms with E-state index in [-0.39, 0.29) is 18.5 Å². The minimum Gasteiger partial charge on any atom is -0.408 e. The monoisotopic (exact) mass is 548 g/mol. The normalized spacial score (nSPS) is 14.8. The van der Waals surface area contributed by atoms with E-state index in [1.807, 2.05) is 30.3 Å². The zero-order valence-corrected chi connectivity index (χ0v) is 22.3. The molecular weight excluding hydrogens is 520 g/mol. The molecule has 0 saturated carbocycles. The molecule has 2 amide bonds. The first-order valence-corrected chi connectivity index (χ1v) is 13.0. The lowest BCUT2D eigenvalue weighted by atomic mass is 9.98. The molecular formula is C29H29ClN4O5. The molecule has 1 aliphatic heterocycles. The van der Waals surface area contributed by atoms with Crippen LogP contribution in [0.3, 0.4) is 0 Å². The minimum atomic E-state index is -0.610. The number of primary amides is 1. The van der Waals surface area contributed by atoms with Gasteiger partial charge in [0.05, 0.1) is 24.8 Å². The summed E-state index contributed by atoms with van der Waals surface area (Å²) < 4.78 is 12.1. The molecule has 0 spiro atoms. The van der Waals surface area contributed by atoms with Crippen molar-refractivity contribution in [1.82, 2.24) is 14.4 Å². The molecule has 2 N–H and O–H groups in total. The number of rotatable bonds is 8. The van der Waals surface area contributed by atoms with Gasteiger partial charge in [-0.1, -0.05) is 48.0 Å². The maximum Gasteiger partial charge on any atom is 0.420 e. The average Bonchev–Trinajstić information content (AvgIpc) is 3.25. The summed E-state index contributed by atoms with van der Waals surface area (Å²) >= 11 is 6.13. The average molecular weight is 549 g/mol. The Hall–Kier alpha value is -3.92. The molecule has 0 radical (unpaired) electrons. The van der Waals surface area contributed by atoms with Crippen molar-refractivity contribution >= 4 is 34.5 Å². The van der Waals surface area contributed by atoms with Gasteiger partial charge in [-0.15, -0.1) is 0 Å². The summed E-state index contributed by atoms with van der Waals surface area (Å²) in [6.45, 7) is 3.23. The molecule has 10 heteroatoms. The van der Waals surface area contributed by atoms with Crippen molar-refractivity contribution in [3.8, 4) is 11.1 Å². The Kier molecular flexibility index (Phi) is 7.83. The van der Waals surface area contributed by atoms with Crippen molar-refractivity contribution in [1.29, 1.82) is 0 Å². The van der Waals surface area contributed by atoms with Gasteiger partial charge in [-0.25, -0.2) is 4.79 Å². The van der Waals surface area contributed by atoms with Gasteiger partial charge in [-0.05, 0) is 47.0 Å². The van der Waals surface area contributed by atoms with E-state index in [9.17, 15) is 14.4 Å². The number of amides is 2. The fourth-order valence-electron chi connectivity index (χ4n) is 4.84. The summed E-state index contributed by atoms with van der Waals surface area (Å²) in [6.07, 6.45) is 0. The Bertz CT molecular complexity index is 1560. The molecule has 5 rings (SSSR count). The van der Waals surface area contributed by atoms with Gasteiger partial charge in [0.2, 0.25) is 11.8 Å².